The molecule has 0 saturated heterocycles. The maximum atomic E-state index is 10.6. The Balaban J connectivity index is 2.64. The number of carbonyl (C=O) groups excluding carboxylic acids is 1. The Morgan fingerprint density at radius 2 is 2.64 bits per heavy atom. The van der Waals surface area contributed by atoms with Crippen LogP contribution in [-0.4, -0.2) is 18.3 Å². The van der Waals surface area contributed by atoms with Crippen molar-refractivity contribution in [2.45, 2.75) is 13.0 Å². The molecule has 0 saturated carbocycles. The summed E-state index contributed by atoms with van der Waals surface area (Å²) in [5, 5.41) is 11.5. The molecule has 0 fully saturated rings. The second kappa shape index (κ2) is 4.82. The van der Waals surface area contributed by atoms with Crippen LogP contribution in [0.15, 0.2) is 29.2 Å². The van der Waals surface area contributed by atoms with Crippen molar-refractivity contribution in [2.24, 2.45) is 4.99 Å². The molecule has 0 aromatic carbocycles. The van der Waals surface area contributed by atoms with Gasteiger partial charge in [-0.05, 0) is 6.08 Å². The number of aliphatic imine (C=N–C) groups is 1. The summed E-state index contributed by atoms with van der Waals surface area (Å²) in [6.07, 6.45) is 5.33. The fraction of sp³-hybridized carbons (Fsp3) is 0.222. The first-order valence-corrected chi connectivity index (χ1v) is 3.96. The maximum absolute atomic E-state index is 10.6. The smallest absolute Gasteiger partial charge is 0.304 e. The van der Waals surface area contributed by atoms with Crippen molar-refractivity contribution in [3.05, 3.63) is 24.2 Å². The Morgan fingerprint density at radius 3 is 3.14 bits per heavy atom. The van der Waals surface area contributed by atoms with Crippen molar-refractivity contribution < 1.29 is 9.53 Å². The normalized spacial score (nSPS) is 18.4. The molecule has 1 atom stereocenters. The fourth-order valence-electron chi connectivity index (χ4n) is 0.868. The number of hydrogen-bond acceptors (Lipinski definition) is 5. The molecule has 0 radical (unpaired) electrons. The summed E-state index contributed by atoms with van der Waals surface area (Å²) >= 11 is 0. The molecule has 0 spiro atoms. The third-order valence-corrected chi connectivity index (χ3v) is 1.38. The molecule has 1 aliphatic heterocycles. The number of nitrogens with one attached hydrogen (secondary N) is 1. The third kappa shape index (κ3) is 3.11. The molecule has 1 heterocycles. The zero-order chi connectivity index (χ0) is 10.4. The van der Waals surface area contributed by atoms with Crippen LogP contribution in [0.1, 0.15) is 6.92 Å². The summed E-state index contributed by atoms with van der Waals surface area (Å²) in [6, 6.07) is 1.84. The summed E-state index contributed by atoms with van der Waals surface area (Å²) in [5.74, 6) is -0.489. The van der Waals surface area contributed by atoms with Gasteiger partial charge >= 0.3 is 5.97 Å². The molecule has 1 aliphatic rings. The Kier molecular flexibility index (Phi) is 3.44. The number of esters is 1. The summed E-state index contributed by atoms with van der Waals surface area (Å²) in [5.41, 5.74) is 0.625. The minimum atomic E-state index is -0.882. The van der Waals surface area contributed by atoms with Crippen molar-refractivity contribution in [2.75, 3.05) is 0 Å². The van der Waals surface area contributed by atoms with Gasteiger partial charge in [0, 0.05) is 19.3 Å². The van der Waals surface area contributed by atoms with Crippen LogP contribution in [0, 0.1) is 11.3 Å². The second-order valence-corrected chi connectivity index (χ2v) is 2.52. The van der Waals surface area contributed by atoms with Gasteiger partial charge in [-0.1, -0.05) is 0 Å². The van der Waals surface area contributed by atoms with E-state index in [9.17, 15) is 4.79 Å². The van der Waals surface area contributed by atoms with Crippen molar-refractivity contribution in [3.63, 3.8) is 0 Å². The van der Waals surface area contributed by atoms with Crippen LogP contribution in [0.3, 0.4) is 0 Å². The van der Waals surface area contributed by atoms with Crippen molar-refractivity contribution in [3.8, 4) is 6.07 Å². The summed E-state index contributed by atoms with van der Waals surface area (Å²) in [6.45, 7) is 1.26. The number of ether oxygens (including phenoxy) is 1. The molecule has 72 valence electrons. The lowest BCUT2D eigenvalue weighted by molar-refractivity contribution is -0.142. The number of rotatable bonds is 2. The van der Waals surface area contributed by atoms with Crippen LogP contribution < -0.4 is 5.32 Å². The number of allylic oxidation sites excluding steroid dienone is 1. The van der Waals surface area contributed by atoms with Gasteiger partial charge in [0.15, 0.2) is 0 Å². The van der Waals surface area contributed by atoms with Crippen LogP contribution >= 0.6 is 0 Å². The van der Waals surface area contributed by atoms with Gasteiger partial charge in [-0.15, -0.1) is 0 Å². The number of nitrogens with zero attached hydrogens (tertiary/aromatic N) is 2. The lowest BCUT2D eigenvalue weighted by atomic mass is 10.3. The Bertz CT molecular complexity index is 350. The molecule has 0 aromatic rings. The van der Waals surface area contributed by atoms with E-state index in [2.05, 4.69) is 10.3 Å². The molecule has 0 aromatic heterocycles. The minimum absolute atomic E-state index is 0.489. The monoisotopic (exact) mass is 191 g/mol. The predicted molar refractivity (Wildman–Crippen MR) is 50.0 cm³/mol. The average molecular weight is 191 g/mol. The van der Waals surface area contributed by atoms with Gasteiger partial charge in [0.1, 0.15) is 6.07 Å². The summed E-state index contributed by atoms with van der Waals surface area (Å²) < 4.78 is 4.70. The first-order valence-electron chi connectivity index (χ1n) is 3.96. The maximum Gasteiger partial charge on any atom is 0.304 e. The third-order valence-electron chi connectivity index (χ3n) is 1.38. The molecular weight excluding hydrogens is 182 g/mol. The van der Waals surface area contributed by atoms with Gasteiger partial charge in [-0.3, -0.25) is 9.79 Å². The quantitative estimate of drug-likeness (QED) is 0.644. The van der Waals surface area contributed by atoms with E-state index in [1.807, 2.05) is 6.07 Å². The lowest BCUT2D eigenvalue weighted by Gasteiger charge is -2.08. The molecule has 0 amide bonds. The Labute approximate surface area is 81.4 Å². The fourth-order valence-corrected chi connectivity index (χ4v) is 0.868. The predicted octanol–water partition coefficient (Wildman–Crippen LogP) is 0.471. The van der Waals surface area contributed by atoms with Crippen LogP contribution in [0.4, 0.5) is 0 Å². The first-order chi connectivity index (χ1) is 6.72. The van der Waals surface area contributed by atoms with Crippen LogP contribution in [0.5, 0.6) is 0 Å². The van der Waals surface area contributed by atoms with Crippen molar-refractivity contribution in [1.82, 2.24) is 5.32 Å². The van der Waals surface area contributed by atoms with E-state index in [1.165, 1.54) is 19.2 Å². The highest BCUT2D eigenvalue weighted by Crippen LogP contribution is 1.99. The molecule has 1 unspecified atom stereocenters. The second-order valence-electron chi connectivity index (χ2n) is 2.52. The number of carbonyl (C=O) groups is 1. The SMILES string of the molecule is CC(=O)OC(C#N)/C=C1\C=NC=CN1. The molecule has 0 aliphatic carbocycles. The lowest BCUT2D eigenvalue weighted by Crippen LogP contribution is -2.16. The standard InChI is InChI=1S/C9H9N3O2/c1-7(13)14-9(5-10)4-8-6-11-2-3-12-8/h2-4,6,9,12H,1H3/b8-4+. The van der Waals surface area contributed by atoms with E-state index in [-0.39, 0.29) is 0 Å². The van der Waals surface area contributed by atoms with E-state index in [1.54, 1.807) is 12.4 Å². The van der Waals surface area contributed by atoms with E-state index in [4.69, 9.17) is 10.00 Å². The minimum Gasteiger partial charge on any atom is -0.443 e. The summed E-state index contributed by atoms with van der Waals surface area (Å²) in [4.78, 5) is 14.4. The van der Waals surface area contributed by atoms with E-state index in [0.29, 0.717) is 5.70 Å². The van der Waals surface area contributed by atoms with Crippen molar-refractivity contribution in [1.29, 1.82) is 5.26 Å². The highest BCUT2D eigenvalue weighted by atomic mass is 16.5. The Hall–Kier alpha value is -2.09. The largest absolute Gasteiger partial charge is 0.443 e. The first kappa shape index (κ1) is 9.99. The topological polar surface area (TPSA) is 74.5 Å². The Morgan fingerprint density at radius 1 is 1.86 bits per heavy atom. The molecular formula is C9H9N3O2. The molecule has 1 N–H and O–H groups in total. The molecule has 5 nitrogen and oxygen atoms in total. The highest BCUT2D eigenvalue weighted by molar-refractivity contribution is 5.79. The van der Waals surface area contributed by atoms with Crippen LogP contribution in [0.2, 0.25) is 0 Å². The van der Waals surface area contributed by atoms with Gasteiger partial charge in [-0.25, -0.2) is 0 Å². The summed E-state index contributed by atoms with van der Waals surface area (Å²) in [7, 11) is 0. The number of hydrogen-bond donors (Lipinski definition) is 1. The van der Waals surface area contributed by atoms with E-state index < -0.39 is 12.1 Å². The van der Waals surface area contributed by atoms with Crippen LogP contribution in [0.25, 0.3) is 0 Å². The molecule has 5 heteroatoms. The van der Waals surface area contributed by atoms with Gasteiger partial charge in [0.25, 0.3) is 0 Å². The van der Waals surface area contributed by atoms with E-state index >= 15 is 0 Å². The van der Waals surface area contributed by atoms with Crippen molar-refractivity contribution >= 4 is 12.2 Å². The van der Waals surface area contributed by atoms with Gasteiger partial charge in [0.2, 0.25) is 6.10 Å². The van der Waals surface area contributed by atoms with Gasteiger partial charge in [-0.2, -0.15) is 5.26 Å². The molecule has 0 bridgehead atoms. The van der Waals surface area contributed by atoms with Gasteiger partial charge < -0.3 is 10.1 Å². The average Bonchev–Trinajstić information content (AvgIpc) is 2.17. The zero-order valence-corrected chi connectivity index (χ0v) is 7.60. The zero-order valence-electron chi connectivity index (χ0n) is 7.60. The van der Waals surface area contributed by atoms with Crippen LogP contribution in [-0.2, 0) is 9.53 Å². The highest BCUT2D eigenvalue weighted by Gasteiger charge is 2.08. The molecule has 1 rings (SSSR count). The number of nitriles is 1. The molecule has 14 heavy (non-hydrogen) atoms. The van der Waals surface area contributed by atoms with Gasteiger partial charge in [0.05, 0.1) is 11.9 Å². The van der Waals surface area contributed by atoms with E-state index in [0.717, 1.165) is 0 Å².